The van der Waals surface area contributed by atoms with Crippen molar-refractivity contribution >= 4 is 5.97 Å². The predicted octanol–water partition coefficient (Wildman–Crippen LogP) is 2.25. The molecule has 5 heteroatoms. The zero-order valence-corrected chi connectivity index (χ0v) is 12.0. The van der Waals surface area contributed by atoms with E-state index >= 15 is 0 Å². The number of benzene rings is 1. The summed E-state index contributed by atoms with van der Waals surface area (Å²) >= 11 is 0. The first-order valence-corrected chi connectivity index (χ1v) is 6.50. The van der Waals surface area contributed by atoms with Crippen LogP contribution in [0.15, 0.2) is 36.5 Å². The largest absolute Gasteiger partial charge is 0.487 e. The van der Waals surface area contributed by atoms with E-state index in [0.29, 0.717) is 17.0 Å². The molecule has 0 fully saturated rings. The molecule has 0 aliphatic heterocycles. The Morgan fingerprint density at radius 2 is 2.10 bits per heavy atom. The molecule has 0 aliphatic carbocycles. The van der Waals surface area contributed by atoms with Gasteiger partial charge < -0.3 is 14.6 Å². The number of rotatable bonds is 5. The Hall–Kier alpha value is -2.40. The SMILES string of the molecule is COC(=O)c1ccc(COc2ccc(C)cc2CO)nc1. The van der Waals surface area contributed by atoms with E-state index in [2.05, 4.69) is 9.72 Å². The van der Waals surface area contributed by atoms with Crippen LogP contribution >= 0.6 is 0 Å². The van der Waals surface area contributed by atoms with Crippen molar-refractivity contribution in [3.05, 3.63) is 58.9 Å². The number of pyridine rings is 1. The van der Waals surface area contributed by atoms with Gasteiger partial charge in [0.25, 0.3) is 0 Å². The Bertz CT molecular complexity index is 623. The van der Waals surface area contributed by atoms with Gasteiger partial charge in [0.1, 0.15) is 12.4 Å². The van der Waals surface area contributed by atoms with Gasteiger partial charge in [-0.25, -0.2) is 4.79 Å². The highest BCUT2D eigenvalue weighted by molar-refractivity contribution is 5.88. The Kier molecular flexibility index (Phi) is 4.90. The van der Waals surface area contributed by atoms with Crippen molar-refractivity contribution in [1.82, 2.24) is 4.98 Å². The van der Waals surface area contributed by atoms with Crippen molar-refractivity contribution in [2.45, 2.75) is 20.1 Å². The Balaban J connectivity index is 2.05. The van der Waals surface area contributed by atoms with Crippen LogP contribution < -0.4 is 4.74 Å². The summed E-state index contributed by atoms with van der Waals surface area (Å²) in [5.41, 5.74) is 2.88. The van der Waals surface area contributed by atoms with E-state index in [1.807, 2.05) is 25.1 Å². The number of aliphatic hydroxyl groups excluding tert-OH is 1. The molecular weight excluding hydrogens is 270 g/mol. The highest BCUT2D eigenvalue weighted by Crippen LogP contribution is 2.21. The summed E-state index contributed by atoms with van der Waals surface area (Å²) in [6.45, 7) is 2.14. The number of hydrogen-bond donors (Lipinski definition) is 1. The Morgan fingerprint density at radius 1 is 1.29 bits per heavy atom. The lowest BCUT2D eigenvalue weighted by molar-refractivity contribution is 0.0600. The number of ether oxygens (including phenoxy) is 2. The van der Waals surface area contributed by atoms with Gasteiger partial charge in [-0.05, 0) is 25.1 Å². The van der Waals surface area contributed by atoms with Crippen molar-refractivity contribution < 1.29 is 19.4 Å². The molecule has 110 valence electrons. The van der Waals surface area contributed by atoms with Crippen LogP contribution in [0.5, 0.6) is 5.75 Å². The number of carbonyl (C=O) groups excluding carboxylic acids is 1. The second-order valence-electron chi connectivity index (χ2n) is 4.59. The number of methoxy groups -OCH3 is 1. The molecule has 1 aromatic heterocycles. The topological polar surface area (TPSA) is 68.7 Å². The van der Waals surface area contributed by atoms with Crippen molar-refractivity contribution in [2.75, 3.05) is 7.11 Å². The van der Waals surface area contributed by atoms with E-state index in [0.717, 1.165) is 11.1 Å². The molecule has 0 spiro atoms. The normalized spacial score (nSPS) is 10.2. The Labute approximate surface area is 123 Å². The van der Waals surface area contributed by atoms with E-state index in [1.54, 1.807) is 12.1 Å². The molecule has 21 heavy (non-hydrogen) atoms. The highest BCUT2D eigenvalue weighted by Gasteiger charge is 2.07. The fourth-order valence-corrected chi connectivity index (χ4v) is 1.87. The van der Waals surface area contributed by atoms with Gasteiger partial charge in [-0.2, -0.15) is 0 Å². The van der Waals surface area contributed by atoms with Gasteiger partial charge in [-0.1, -0.05) is 17.7 Å². The van der Waals surface area contributed by atoms with Crippen LogP contribution in [0.3, 0.4) is 0 Å². The van der Waals surface area contributed by atoms with Crippen molar-refractivity contribution in [3.63, 3.8) is 0 Å². The molecule has 0 radical (unpaired) electrons. The average Bonchev–Trinajstić information content (AvgIpc) is 2.53. The second-order valence-corrected chi connectivity index (χ2v) is 4.59. The second kappa shape index (κ2) is 6.85. The average molecular weight is 287 g/mol. The quantitative estimate of drug-likeness (QED) is 0.854. The van der Waals surface area contributed by atoms with Crippen LogP contribution in [0, 0.1) is 6.92 Å². The summed E-state index contributed by atoms with van der Waals surface area (Å²) in [5, 5.41) is 9.32. The number of hydrogen-bond acceptors (Lipinski definition) is 5. The maximum atomic E-state index is 11.3. The van der Waals surface area contributed by atoms with E-state index < -0.39 is 5.97 Å². The molecular formula is C16H17NO4. The van der Waals surface area contributed by atoms with Crippen LogP contribution in [0.4, 0.5) is 0 Å². The molecule has 0 bridgehead atoms. The summed E-state index contributed by atoms with van der Waals surface area (Å²) in [4.78, 5) is 15.4. The number of aromatic nitrogens is 1. The molecule has 0 unspecified atom stereocenters. The van der Waals surface area contributed by atoms with E-state index in [1.165, 1.54) is 13.3 Å². The van der Waals surface area contributed by atoms with E-state index in [-0.39, 0.29) is 13.2 Å². The molecule has 1 aromatic carbocycles. The van der Waals surface area contributed by atoms with Gasteiger partial charge in [-0.3, -0.25) is 4.98 Å². The highest BCUT2D eigenvalue weighted by atomic mass is 16.5. The lowest BCUT2D eigenvalue weighted by Gasteiger charge is -2.10. The van der Waals surface area contributed by atoms with Crippen LogP contribution in [0.2, 0.25) is 0 Å². The summed E-state index contributed by atoms with van der Waals surface area (Å²) in [7, 11) is 1.33. The first-order valence-electron chi connectivity index (χ1n) is 6.50. The molecule has 0 amide bonds. The fourth-order valence-electron chi connectivity index (χ4n) is 1.87. The third kappa shape index (κ3) is 3.79. The zero-order chi connectivity index (χ0) is 15.2. The lowest BCUT2D eigenvalue weighted by atomic mass is 10.1. The molecule has 2 aromatic rings. The summed E-state index contributed by atoms with van der Waals surface area (Å²) < 4.78 is 10.3. The number of aliphatic hydroxyl groups is 1. The van der Waals surface area contributed by atoms with Crippen LogP contribution in [0.25, 0.3) is 0 Å². The number of nitrogens with zero attached hydrogens (tertiary/aromatic N) is 1. The lowest BCUT2D eigenvalue weighted by Crippen LogP contribution is -2.04. The van der Waals surface area contributed by atoms with Gasteiger partial charge >= 0.3 is 5.97 Å². The molecule has 0 saturated carbocycles. The number of aryl methyl sites for hydroxylation is 1. The summed E-state index contributed by atoms with van der Waals surface area (Å²) in [6, 6.07) is 8.97. The molecule has 0 saturated heterocycles. The molecule has 5 nitrogen and oxygen atoms in total. The van der Waals surface area contributed by atoms with Crippen molar-refractivity contribution in [3.8, 4) is 5.75 Å². The van der Waals surface area contributed by atoms with Gasteiger partial charge in [-0.15, -0.1) is 0 Å². The smallest absolute Gasteiger partial charge is 0.339 e. The van der Waals surface area contributed by atoms with E-state index in [9.17, 15) is 9.90 Å². The van der Waals surface area contributed by atoms with Crippen LogP contribution in [-0.2, 0) is 18.0 Å². The van der Waals surface area contributed by atoms with Gasteiger partial charge in [0, 0.05) is 11.8 Å². The summed E-state index contributed by atoms with van der Waals surface area (Å²) in [6.07, 6.45) is 1.45. The zero-order valence-electron chi connectivity index (χ0n) is 12.0. The number of carbonyl (C=O) groups is 1. The minimum absolute atomic E-state index is 0.0777. The molecule has 0 aliphatic rings. The fraction of sp³-hybridized carbons (Fsp3) is 0.250. The Morgan fingerprint density at radius 3 is 2.71 bits per heavy atom. The minimum atomic E-state index is -0.420. The number of esters is 1. The van der Waals surface area contributed by atoms with Crippen molar-refractivity contribution in [1.29, 1.82) is 0 Å². The van der Waals surface area contributed by atoms with Gasteiger partial charge in [0.05, 0.1) is 25.0 Å². The van der Waals surface area contributed by atoms with E-state index in [4.69, 9.17) is 4.74 Å². The monoisotopic (exact) mass is 287 g/mol. The van der Waals surface area contributed by atoms with Crippen molar-refractivity contribution in [2.24, 2.45) is 0 Å². The van der Waals surface area contributed by atoms with Crippen LogP contribution in [-0.4, -0.2) is 23.2 Å². The maximum absolute atomic E-state index is 11.3. The van der Waals surface area contributed by atoms with Crippen LogP contribution in [0.1, 0.15) is 27.2 Å². The first kappa shape index (κ1) is 15.0. The molecule has 0 atom stereocenters. The van der Waals surface area contributed by atoms with Gasteiger partial charge in [0.15, 0.2) is 0 Å². The molecule has 2 rings (SSSR count). The first-order chi connectivity index (χ1) is 10.1. The molecule has 1 N–H and O–H groups in total. The third-order valence-electron chi connectivity index (χ3n) is 3.01. The maximum Gasteiger partial charge on any atom is 0.339 e. The standard InChI is InChI=1S/C16H17NO4/c1-11-3-6-15(13(7-11)9-18)21-10-14-5-4-12(8-17-14)16(19)20-2/h3-8,18H,9-10H2,1-2H3. The minimum Gasteiger partial charge on any atom is -0.487 e. The van der Waals surface area contributed by atoms with Gasteiger partial charge in [0.2, 0.25) is 0 Å². The third-order valence-corrected chi connectivity index (χ3v) is 3.01. The summed E-state index contributed by atoms with van der Waals surface area (Å²) in [5.74, 6) is 0.206. The molecule has 1 heterocycles. The predicted molar refractivity (Wildman–Crippen MR) is 77.0 cm³/mol.